The Balaban J connectivity index is 1.94. The molecule has 0 fully saturated rings. The monoisotopic (exact) mass is 348 g/mol. The van der Waals surface area contributed by atoms with Crippen LogP contribution >= 0.6 is 27.7 Å². The number of rotatable bonds is 2. The second kappa shape index (κ2) is 5.50. The molecular formula is C15H13BrN2OS. The van der Waals surface area contributed by atoms with Crippen LogP contribution in [0.15, 0.2) is 50.7 Å². The summed E-state index contributed by atoms with van der Waals surface area (Å²) in [5.41, 5.74) is 8.87. The van der Waals surface area contributed by atoms with Gasteiger partial charge in [-0.2, -0.15) is 0 Å². The Morgan fingerprint density at radius 2 is 2.05 bits per heavy atom. The van der Waals surface area contributed by atoms with Gasteiger partial charge >= 0.3 is 0 Å². The van der Waals surface area contributed by atoms with Gasteiger partial charge in [0.25, 0.3) is 0 Å². The SMILES string of the molecule is Nc1cc2c(cc1Sc1cccc(Br)c1)NC(=O)CC2. The molecule has 5 heteroatoms. The molecule has 102 valence electrons. The highest BCUT2D eigenvalue weighted by molar-refractivity contribution is 9.10. The number of fused-ring (bicyclic) bond motifs is 1. The maximum absolute atomic E-state index is 11.5. The molecule has 3 rings (SSSR count). The Morgan fingerprint density at radius 1 is 1.20 bits per heavy atom. The zero-order chi connectivity index (χ0) is 14.1. The molecule has 2 aromatic rings. The topological polar surface area (TPSA) is 55.1 Å². The van der Waals surface area contributed by atoms with Gasteiger partial charge in [0.1, 0.15) is 0 Å². The predicted molar refractivity (Wildman–Crippen MR) is 86.1 cm³/mol. The van der Waals surface area contributed by atoms with E-state index in [2.05, 4.69) is 21.2 Å². The summed E-state index contributed by atoms with van der Waals surface area (Å²) in [5, 5.41) is 2.91. The smallest absolute Gasteiger partial charge is 0.224 e. The number of hydrogen-bond donors (Lipinski definition) is 2. The van der Waals surface area contributed by atoms with Crippen molar-refractivity contribution in [2.24, 2.45) is 0 Å². The summed E-state index contributed by atoms with van der Waals surface area (Å²) in [6, 6.07) is 12.0. The van der Waals surface area contributed by atoms with Gasteiger partial charge in [-0.15, -0.1) is 0 Å². The minimum Gasteiger partial charge on any atom is -0.398 e. The second-order valence-electron chi connectivity index (χ2n) is 4.65. The number of hydrogen-bond acceptors (Lipinski definition) is 3. The molecule has 0 saturated carbocycles. The minimum atomic E-state index is 0.0701. The van der Waals surface area contributed by atoms with Crippen LogP contribution in [0.4, 0.5) is 11.4 Å². The molecule has 0 bridgehead atoms. The average Bonchev–Trinajstić information content (AvgIpc) is 2.40. The lowest BCUT2D eigenvalue weighted by molar-refractivity contribution is -0.116. The largest absolute Gasteiger partial charge is 0.398 e. The van der Waals surface area contributed by atoms with Crippen LogP contribution in [0.3, 0.4) is 0 Å². The molecule has 1 heterocycles. The number of amides is 1. The molecule has 0 aliphatic carbocycles. The highest BCUT2D eigenvalue weighted by Gasteiger charge is 2.17. The molecule has 0 spiro atoms. The molecular weight excluding hydrogens is 336 g/mol. The van der Waals surface area contributed by atoms with Gasteiger partial charge in [0.2, 0.25) is 5.91 Å². The van der Waals surface area contributed by atoms with Crippen molar-refractivity contribution in [3.05, 3.63) is 46.4 Å². The maximum Gasteiger partial charge on any atom is 0.224 e. The number of nitrogen functional groups attached to an aromatic ring is 1. The van der Waals surface area contributed by atoms with Crippen LogP contribution in [-0.4, -0.2) is 5.91 Å². The summed E-state index contributed by atoms with van der Waals surface area (Å²) >= 11 is 5.06. The summed E-state index contributed by atoms with van der Waals surface area (Å²) in [4.78, 5) is 13.5. The van der Waals surface area contributed by atoms with Gasteiger partial charge in [-0.1, -0.05) is 33.8 Å². The number of carbonyl (C=O) groups excluding carboxylic acids is 1. The third-order valence-corrected chi connectivity index (χ3v) is 4.71. The van der Waals surface area contributed by atoms with E-state index in [0.29, 0.717) is 6.42 Å². The van der Waals surface area contributed by atoms with Gasteiger partial charge in [0.05, 0.1) is 0 Å². The second-order valence-corrected chi connectivity index (χ2v) is 6.69. The van der Waals surface area contributed by atoms with Crippen LogP contribution in [0, 0.1) is 0 Å². The Bertz CT molecular complexity index is 688. The number of carbonyl (C=O) groups is 1. The van der Waals surface area contributed by atoms with Crippen molar-refractivity contribution >= 4 is 45.0 Å². The van der Waals surface area contributed by atoms with Gasteiger partial charge < -0.3 is 11.1 Å². The molecule has 1 amide bonds. The molecule has 1 aliphatic rings. The van der Waals surface area contributed by atoms with Crippen LogP contribution in [0.2, 0.25) is 0 Å². The number of nitrogens with two attached hydrogens (primary N) is 1. The highest BCUT2D eigenvalue weighted by Crippen LogP contribution is 2.37. The lowest BCUT2D eigenvalue weighted by atomic mass is 10.0. The highest BCUT2D eigenvalue weighted by atomic mass is 79.9. The fourth-order valence-corrected chi connectivity index (χ4v) is 3.66. The molecule has 0 aromatic heterocycles. The summed E-state index contributed by atoms with van der Waals surface area (Å²) in [7, 11) is 0. The number of aryl methyl sites for hydroxylation is 1. The first-order chi connectivity index (χ1) is 9.61. The normalized spacial score (nSPS) is 13.8. The number of anilines is 2. The molecule has 0 radical (unpaired) electrons. The number of benzene rings is 2. The van der Waals surface area contributed by atoms with E-state index in [9.17, 15) is 4.79 Å². The van der Waals surface area contributed by atoms with Gasteiger partial charge in [-0.25, -0.2) is 0 Å². The van der Waals surface area contributed by atoms with E-state index in [-0.39, 0.29) is 5.91 Å². The Labute approximate surface area is 130 Å². The standard InChI is InChI=1S/C15H13BrN2OS/c16-10-2-1-3-11(7-10)20-14-8-13-9(6-12(14)17)4-5-15(19)18-13/h1-3,6-8H,4-5,17H2,(H,18,19). The molecule has 3 nitrogen and oxygen atoms in total. The molecule has 0 atom stereocenters. The zero-order valence-corrected chi connectivity index (χ0v) is 13.1. The van der Waals surface area contributed by atoms with Crippen LogP contribution in [0.1, 0.15) is 12.0 Å². The first kappa shape index (κ1) is 13.5. The minimum absolute atomic E-state index is 0.0701. The number of halogens is 1. The van der Waals surface area contributed by atoms with Crippen LogP contribution < -0.4 is 11.1 Å². The molecule has 1 aliphatic heterocycles. The van der Waals surface area contributed by atoms with Gasteiger partial charge in [-0.05, 0) is 42.3 Å². The number of nitrogens with one attached hydrogen (secondary N) is 1. The summed E-state index contributed by atoms with van der Waals surface area (Å²) in [5.74, 6) is 0.0701. The van der Waals surface area contributed by atoms with E-state index in [1.807, 2.05) is 36.4 Å². The van der Waals surface area contributed by atoms with Gasteiger partial charge in [-0.3, -0.25) is 4.79 Å². The maximum atomic E-state index is 11.5. The summed E-state index contributed by atoms with van der Waals surface area (Å²) in [6.45, 7) is 0. The Kier molecular flexibility index (Phi) is 3.72. The van der Waals surface area contributed by atoms with Crippen molar-refractivity contribution in [3.8, 4) is 0 Å². The van der Waals surface area contributed by atoms with E-state index in [1.165, 1.54) is 0 Å². The molecule has 20 heavy (non-hydrogen) atoms. The van der Waals surface area contributed by atoms with Crippen LogP contribution in [-0.2, 0) is 11.2 Å². The molecule has 0 saturated heterocycles. The lowest BCUT2D eigenvalue weighted by Gasteiger charge is -2.19. The first-order valence-electron chi connectivity index (χ1n) is 6.27. The van der Waals surface area contributed by atoms with Crippen molar-refractivity contribution in [2.75, 3.05) is 11.1 Å². The van der Waals surface area contributed by atoms with E-state index in [0.717, 1.165) is 37.6 Å². The van der Waals surface area contributed by atoms with Crippen LogP contribution in [0.5, 0.6) is 0 Å². The molecule has 0 unspecified atom stereocenters. The summed E-state index contributed by atoms with van der Waals surface area (Å²) < 4.78 is 1.03. The van der Waals surface area contributed by atoms with Crippen molar-refractivity contribution < 1.29 is 4.79 Å². The average molecular weight is 349 g/mol. The van der Waals surface area contributed by atoms with E-state index in [1.54, 1.807) is 11.8 Å². The van der Waals surface area contributed by atoms with E-state index < -0.39 is 0 Å². The fraction of sp³-hybridized carbons (Fsp3) is 0.133. The summed E-state index contributed by atoms with van der Waals surface area (Å²) in [6.07, 6.45) is 1.29. The van der Waals surface area contributed by atoms with E-state index >= 15 is 0 Å². The van der Waals surface area contributed by atoms with Crippen molar-refractivity contribution in [3.63, 3.8) is 0 Å². The quantitative estimate of drug-likeness (QED) is 0.804. The van der Waals surface area contributed by atoms with E-state index in [4.69, 9.17) is 5.73 Å². The van der Waals surface area contributed by atoms with Crippen molar-refractivity contribution in [2.45, 2.75) is 22.6 Å². The zero-order valence-electron chi connectivity index (χ0n) is 10.7. The molecule has 3 N–H and O–H groups in total. The van der Waals surface area contributed by atoms with Crippen molar-refractivity contribution in [1.29, 1.82) is 0 Å². The van der Waals surface area contributed by atoms with Crippen LogP contribution in [0.25, 0.3) is 0 Å². The first-order valence-corrected chi connectivity index (χ1v) is 7.88. The lowest BCUT2D eigenvalue weighted by Crippen LogP contribution is -2.19. The Morgan fingerprint density at radius 3 is 2.85 bits per heavy atom. The van der Waals surface area contributed by atoms with Crippen molar-refractivity contribution in [1.82, 2.24) is 0 Å². The van der Waals surface area contributed by atoms with Gasteiger partial charge in [0, 0.05) is 32.1 Å². The third-order valence-electron chi connectivity index (χ3n) is 3.16. The third kappa shape index (κ3) is 2.83. The predicted octanol–water partition coefficient (Wildman–Crippen LogP) is 4.07. The van der Waals surface area contributed by atoms with Gasteiger partial charge in [0.15, 0.2) is 0 Å². The Hall–Kier alpha value is -1.46. The molecule has 2 aromatic carbocycles. The fourth-order valence-electron chi connectivity index (χ4n) is 2.17.